The molecule has 0 radical (unpaired) electrons. The highest BCUT2D eigenvalue weighted by Gasteiger charge is 2.33. The van der Waals surface area contributed by atoms with E-state index in [9.17, 15) is 46.0 Å². The molecular formula is C27H26B4N2O9. The molecule has 0 saturated heterocycles. The molecule has 0 aliphatic rings. The minimum absolute atomic E-state index is 0.00517. The summed E-state index contributed by atoms with van der Waals surface area (Å²) in [5, 5.41) is 99.6. The van der Waals surface area contributed by atoms with E-state index in [1.54, 1.807) is 56.8 Å². The van der Waals surface area contributed by atoms with Gasteiger partial charge in [0, 0.05) is 34.3 Å². The fraction of sp³-hybridized carbons (Fsp3) is 0.111. The van der Waals surface area contributed by atoms with Gasteiger partial charge >= 0.3 is 0 Å². The Morgan fingerprint density at radius 2 is 0.881 bits per heavy atom. The maximum Gasteiger partial charge on any atom is 0.206 e. The Bertz CT molecular complexity index is 2190. The Labute approximate surface area is 241 Å². The summed E-state index contributed by atoms with van der Waals surface area (Å²) in [7, 11) is 8.23. The first-order valence-electron chi connectivity index (χ1n) is 13.1. The van der Waals surface area contributed by atoms with Gasteiger partial charge in [0.15, 0.2) is 23.0 Å². The van der Waals surface area contributed by atoms with Gasteiger partial charge in [-0.15, -0.1) is 0 Å². The van der Waals surface area contributed by atoms with Gasteiger partial charge in [0.1, 0.15) is 48.4 Å². The van der Waals surface area contributed by atoms with Gasteiger partial charge in [0.2, 0.25) is 17.2 Å². The van der Waals surface area contributed by atoms with E-state index in [1.165, 1.54) is 4.57 Å². The largest absolute Gasteiger partial charge is 0.509 e. The lowest BCUT2D eigenvalue weighted by Gasteiger charge is -2.20. The van der Waals surface area contributed by atoms with Crippen LogP contribution in [0.25, 0.3) is 49.3 Å². The van der Waals surface area contributed by atoms with Crippen molar-refractivity contribution in [3.8, 4) is 57.4 Å². The van der Waals surface area contributed by atoms with E-state index in [0.29, 0.717) is 54.6 Å². The number of fused-ring (bicyclic) bond motifs is 6. The zero-order chi connectivity index (χ0) is 31.0. The lowest BCUT2D eigenvalue weighted by molar-refractivity contribution is 0.350. The summed E-state index contributed by atoms with van der Waals surface area (Å²) in [5.41, 5.74) is 3.28. The van der Waals surface area contributed by atoms with Crippen molar-refractivity contribution in [1.29, 1.82) is 0 Å². The minimum atomic E-state index is -0.972. The molecular weight excluding hydrogens is 540 g/mol. The number of hydrogen-bond acceptors (Lipinski definition) is 9. The van der Waals surface area contributed by atoms with Crippen LogP contribution >= 0.6 is 0 Å². The van der Waals surface area contributed by atoms with E-state index in [2.05, 4.69) is 0 Å². The zero-order valence-corrected chi connectivity index (χ0v) is 23.9. The molecule has 2 heterocycles. The van der Waals surface area contributed by atoms with Crippen molar-refractivity contribution in [2.75, 3.05) is 0 Å². The number of aromatic nitrogens is 2. The second-order valence-electron chi connectivity index (χ2n) is 11.0. The van der Waals surface area contributed by atoms with Crippen LogP contribution in [-0.4, -0.2) is 86.5 Å². The number of benzene rings is 4. The van der Waals surface area contributed by atoms with Crippen LogP contribution in [0, 0.1) is 13.8 Å². The van der Waals surface area contributed by atoms with E-state index < -0.39 is 40.2 Å². The molecule has 0 saturated carbocycles. The average Bonchev–Trinajstić information content (AvgIpc) is 3.47. The first-order valence-corrected chi connectivity index (χ1v) is 13.1. The molecule has 0 aliphatic carbocycles. The van der Waals surface area contributed by atoms with Gasteiger partial charge in [0.05, 0.1) is 22.1 Å². The molecule has 6 rings (SSSR count). The van der Waals surface area contributed by atoms with Crippen molar-refractivity contribution in [3.63, 3.8) is 0 Å². The molecule has 0 bridgehead atoms. The highest BCUT2D eigenvalue weighted by atomic mass is 16.3. The van der Waals surface area contributed by atoms with E-state index >= 15 is 0 Å². The monoisotopic (exact) mass is 566 g/mol. The van der Waals surface area contributed by atoms with Crippen LogP contribution in [0.4, 0.5) is 0 Å². The van der Waals surface area contributed by atoms with Crippen LogP contribution in [0.15, 0.2) is 0 Å². The summed E-state index contributed by atoms with van der Waals surface area (Å²) in [5.74, 6) is -5.40. The fourth-order valence-corrected chi connectivity index (χ4v) is 6.67. The number of aryl methyl sites for hydroxylation is 3. The molecule has 11 nitrogen and oxygen atoms in total. The van der Waals surface area contributed by atoms with Crippen LogP contribution in [0.2, 0.25) is 0 Å². The van der Waals surface area contributed by atoms with Gasteiger partial charge in [0.25, 0.3) is 0 Å². The molecule has 42 heavy (non-hydrogen) atoms. The lowest BCUT2D eigenvalue weighted by atomic mass is 9.79. The van der Waals surface area contributed by atoms with Crippen molar-refractivity contribution in [2.24, 2.45) is 7.05 Å². The second kappa shape index (κ2) is 8.25. The molecule has 9 N–H and O–H groups in total. The maximum atomic E-state index is 11.4. The first kappa shape index (κ1) is 27.1. The van der Waals surface area contributed by atoms with Crippen LogP contribution in [0.3, 0.4) is 0 Å². The Hall–Kier alpha value is -5.06. The van der Waals surface area contributed by atoms with Crippen molar-refractivity contribution < 1.29 is 46.0 Å². The molecule has 6 aromatic rings. The predicted molar refractivity (Wildman–Crippen MR) is 172 cm³/mol. The van der Waals surface area contributed by atoms with Crippen LogP contribution in [0.1, 0.15) is 11.1 Å². The lowest BCUT2D eigenvalue weighted by Crippen LogP contribution is -2.25. The quantitative estimate of drug-likeness (QED) is 0.0586. The zero-order valence-electron chi connectivity index (χ0n) is 23.9. The van der Waals surface area contributed by atoms with Gasteiger partial charge in [-0.2, -0.15) is 0 Å². The molecule has 0 atom stereocenters. The predicted octanol–water partition coefficient (Wildman–Crippen LogP) is -2.57. The Balaban J connectivity index is 2.09. The molecule has 0 spiro atoms. The number of nitrogens with zero attached hydrogens (tertiary/aromatic N) is 2. The van der Waals surface area contributed by atoms with Crippen LogP contribution in [-0.2, 0) is 7.05 Å². The normalized spacial score (nSPS) is 12.0. The first-order chi connectivity index (χ1) is 19.6. The van der Waals surface area contributed by atoms with Gasteiger partial charge in [-0.05, 0) is 41.3 Å². The third-order valence-corrected chi connectivity index (χ3v) is 8.99. The minimum Gasteiger partial charge on any atom is -0.509 e. The van der Waals surface area contributed by atoms with Crippen LogP contribution < -0.4 is 21.9 Å². The van der Waals surface area contributed by atoms with E-state index in [0.717, 1.165) is 0 Å². The van der Waals surface area contributed by atoms with E-state index in [4.69, 9.17) is 0 Å². The summed E-state index contributed by atoms with van der Waals surface area (Å²) in [6.45, 7) is 3.26. The third kappa shape index (κ3) is 2.85. The number of hydrogen-bond donors (Lipinski definition) is 9. The topological polar surface area (TPSA) is 192 Å². The molecule has 2 aromatic heterocycles. The smallest absolute Gasteiger partial charge is 0.206 e. The van der Waals surface area contributed by atoms with Gasteiger partial charge in [-0.3, -0.25) is 0 Å². The maximum absolute atomic E-state index is 11.4. The van der Waals surface area contributed by atoms with Crippen molar-refractivity contribution in [1.82, 2.24) is 9.13 Å². The highest BCUT2D eigenvalue weighted by molar-refractivity contribution is 6.51. The SMILES string of the molecule is Bc1c(O)c(B)c2c(c1-n1c3c(B)c(O)c(B)c(C)c3c3c(O)c(O)c(O)c(O)c31)c1c(C)c(O)c(O)c(O)c1n2C. The third-order valence-electron chi connectivity index (χ3n) is 8.99. The summed E-state index contributed by atoms with van der Waals surface area (Å²) in [6, 6.07) is 0. The molecule has 0 amide bonds. The standard InChI is InChI=1S/C27H26B4N2O9/c1-4-6-9-18(24(39)27(42)26(41)20(9)35)33(15(6)12(30)21(36)10(4)28)16-8-7-5(2)19(34)25(40)23(38)17(7)32(3)14(8)11(29)22(37)13(16)31/h34-42H,28-31H2,1-3H3. The summed E-state index contributed by atoms with van der Waals surface area (Å²) in [6.07, 6.45) is 0. The summed E-state index contributed by atoms with van der Waals surface area (Å²) in [4.78, 5) is 0. The molecule has 0 aliphatic heterocycles. The van der Waals surface area contributed by atoms with Crippen molar-refractivity contribution in [2.45, 2.75) is 13.8 Å². The number of rotatable bonds is 1. The number of phenols is 9. The Morgan fingerprint density at radius 1 is 0.405 bits per heavy atom. The van der Waals surface area contributed by atoms with Gasteiger partial charge in [-0.25, -0.2) is 0 Å². The van der Waals surface area contributed by atoms with E-state index in [1.807, 2.05) is 0 Å². The fourth-order valence-electron chi connectivity index (χ4n) is 6.67. The van der Waals surface area contributed by atoms with Crippen molar-refractivity contribution >= 4 is 96.8 Å². The van der Waals surface area contributed by atoms with Gasteiger partial charge < -0.3 is 55.1 Å². The highest BCUT2D eigenvalue weighted by Crippen LogP contribution is 2.54. The summed E-state index contributed by atoms with van der Waals surface area (Å²) >= 11 is 0. The van der Waals surface area contributed by atoms with Gasteiger partial charge in [-0.1, -0.05) is 0 Å². The molecule has 210 valence electrons. The molecule has 4 aromatic carbocycles. The van der Waals surface area contributed by atoms with E-state index in [-0.39, 0.29) is 39.2 Å². The van der Waals surface area contributed by atoms with Crippen LogP contribution in [0.5, 0.6) is 51.7 Å². The second-order valence-corrected chi connectivity index (χ2v) is 11.0. The molecule has 0 fully saturated rings. The summed E-state index contributed by atoms with van der Waals surface area (Å²) < 4.78 is 3.05. The average molecular weight is 566 g/mol. The Morgan fingerprint density at radius 3 is 1.50 bits per heavy atom. The number of aromatic hydroxyl groups is 9. The number of phenolic OH excluding ortho intramolecular Hbond substituents is 9. The molecule has 0 unspecified atom stereocenters. The Kier molecular flexibility index (Phi) is 5.33. The van der Waals surface area contributed by atoms with Crippen molar-refractivity contribution in [3.05, 3.63) is 11.1 Å². The molecule has 15 heteroatoms.